The minimum atomic E-state index is -0.781. The number of benzene rings is 2. The summed E-state index contributed by atoms with van der Waals surface area (Å²) in [4.78, 5) is 12.7. The minimum absolute atomic E-state index is 0.157. The van der Waals surface area contributed by atoms with Crippen molar-refractivity contribution in [3.05, 3.63) is 54.1 Å². The van der Waals surface area contributed by atoms with Gasteiger partial charge in [0, 0.05) is 17.1 Å². The summed E-state index contributed by atoms with van der Waals surface area (Å²) >= 11 is 1.48. The summed E-state index contributed by atoms with van der Waals surface area (Å²) in [7, 11) is 1.59. The molecular weight excluding hydrogens is 308 g/mol. The van der Waals surface area contributed by atoms with Crippen LogP contribution in [-0.4, -0.2) is 18.8 Å². The number of amides is 1. The Morgan fingerprint density at radius 2 is 1.77 bits per heavy atom. The SMILES string of the molecule is COc1ccc(SCCC(=O)Nc2c(F)cccc2F)cc1. The molecular formula is C16H15F2NO2S. The van der Waals surface area contributed by atoms with Gasteiger partial charge in [0.05, 0.1) is 7.11 Å². The molecule has 0 unspecified atom stereocenters. The molecule has 3 nitrogen and oxygen atoms in total. The van der Waals surface area contributed by atoms with Crippen LogP contribution in [0.5, 0.6) is 5.75 Å². The highest BCUT2D eigenvalue weighted by atomic mass is 32.2. The summed E-state index contributed by atoms with van der Waals surface area (Å²) in [6, 6.07) is 10.9. The number of ether oxygens (including phenoxy) is 1. The second-order valence-electron chi connectivity index (χ2n) is 4.42. The van der Waals surface area contributed by atoms with Crippen molar-refractivity contribution in [1.29, 1.82) is 0 Å². The van der Waals surface area contributed by atoms with Gasteiger partial charge in [0.25, 0.3) is 0 Å². The van der Waals surface area contributed by atoms with Crippen molar-refractivity contribution < 1.29 is 18.3 Å². The first-order valence-electron chi connectivity index (χ1n) is 6.61. The number of halogens is 2. The zero-order valence-electron chi connectivity index (χ0n) is 11.9. The number of anilines is 1. The second-order valence-corrected chi connectivity index (χ2v) is 5.59. The van der Waals surface area contributed by atoms with Crippen molar-refractivity contribution in [3.8, 4) is 5.75 Å². The summed E-state index contributed by atoms with van der Waals surface area (Å²) in [5.41, 5.74) is -0.401. The number of nitrogens with one attached hydrogen (secondary N) is 1. The molecule has 2 rings (SSSR count). The first-order valence-corrected chi connectivity index (χ1v) is 7.59. The van der Waals surface area contributed by atoms with Crippen molar-refractivity contribution in [2.75, 3.05) is 18.2 Å². The second kappa shape index (κ2) is 7.79. The molecule has 0 aliphatic rings. The van der Waals surface area contributed by atoms with E-state index < -0.39 is 23.2 Å². The van der Waals surface area contributed by atoms with Gasteiger partial charge in [-0.1, -0.05) is 6.07 Å². The number of hydrogen-bond acceptors (Lipinski definition) is 3. The van der Waals surface area contributed by atoms with Gasteiger partial charge < -0.3 is 10.1 Å². The van der Waals surface area contributed by atoms with Crippen LogP contribution in [0, 0.1) is 11.6 Å². The van der Waals surface area contributed by atoms with Gasteiger partial charge in [-0.15, -0.1) is 11.8 Å². The number of hydrogen-bond donors (Lipinski definition) is 1. The predicted molar refractivity (Wildman–Crippen MR) is 83.3 cm³/mol. The van der Waals surface area contributed by atoms with Crippen LogP contribution >= 0.6 is 11.8 Å². The van der Waals surface area contributed by atoms with Crippen molar-refractivity contribution in [2.45, 2.75) is 11.3 Å². The molecule has 0 radical (unpaired) electrons. The van der Waals surface area contributed by atoms with Crippen molar-refractivity contribution in [2.24, 2.45) is 0 Å². The molecule has 1 amide bonds. The summed E-state index contributed by atoms with van der Waals surface area (Å²) in [6.07, 6.45) is 0.157. The first kappa shape index (κ1) is 16.3. The normalized spacial score (nSPS) is 10.3. The minimum Gasteiger partial charge on any atom is -0.497 e. The molecule has 0 bridgehead atoms. The molecule has 0 spiro atoms. The van der Waals surface area contributed by atoms with E-state index in [-0.39, 0.29) is 6.42 Å². The number of methoxy groups -OCH3 is 1. The van der Waals surface area contributed by atoms with Gasteiger partial charge in [0.15, 0.2) is 0 Å². The van der Waals surface area contributed by atoms with E-state index in [1.54, 1.807) is 7.11 Å². The molecule has 2 aromatic rings. The van der Waals surface area contributed by atoms with Crippen LogP contribution in [0.25, 0.3) is 0 Å². The first-order chi connectivity index (χ1) is 10.6. The Kier molecular flexibility index (Phi) is 5.77. The van der Waals surface area contributed by atoms with Crippen LogP contribution in [0.4, 0.5) is 14.5 Å². The Balaban J connectivity index is 1.82. The van der Waals surface area contributed by atoms with Crippen LogP contribution < -0.4 is 10.1 Å². The van der Waals surface area contributed by atoms with Crippen LogP contribution in [0.3, 0.4) is 0 Å². The van der Waals surface area contributed by atoms with E-state index in [1.165, 1.54) is 17.8 Å². The van der Waals surface area contributed by atoms with E-state index in [4.69, 9.17) is 4.74 Å². The maximum absolute atomic E-state index is 13.4. The van der Waals surface area contributed by atoms with E-state index in [0.717, 1.165) is 22.8 Å². The highest BCUT2D eigenvalue weighted by molar-refractivity contribution is 7.99. The van der Waals surface area contributed by atoms with Crippen molar-refractivity contribution >= 4 is 23.4 Å². The van der Waals surface area contributed by atoms with Crippen LogP contribution in [0.2, 0.25) is 0 Å². The third kappa shape index (κ3) is 4.46. The van der Waals surface area contributed by atoms with Gasteiger partial charge >= 0.3 is 0 Å². The average Bonchev–Trinajstić information content (AvgIpc) is 2.52. The Hall–Kier alpha value is -2.08. The molecule has 0 aliphatic heterocycles. The average molecular weight is 323 g/mol. The summed E-state index contributed by atoms with van der Waals surface area (Å²) in [5.74, 6) is -0.719. The highest BCUT2D eigenvalue weighted by Gasteiger charge is 2.11. The van der Waals surface area contributed by atoms with Gasteiger partial charge in [-0.25, -0.2) is 8.78 Å². The fourth-order valence-electron chi connectivity index (χ4n) is 1.75. The van der Waals surface area contributed by atoms with E-state index >= 15 is 0 Å². The fraction of sp³-hybridized carbons (Fsp3) is 0.188. The third-order valence-electron chi connectivity index (χ3n) is 2.88. The summed E-state index contributed by atoms with van der Waals surface area (Å²) in [6.45, 7) is 0. The number of thioether (sulfide) groups is 1. The van der Waals surface area contributed by atoms with Gasteiger partial charge in [0.1, 0.15) is 23.1 Å². The lowest BCUT2D eigenvalue weighted by atomic mass is 10.3. The number of para-hydroxylation sites is 1. The van der Waals surface area contributed by atoms with E-state index in [9.17, 15) is 13.6 Å². The Morgan fingerprint density at radius 3 is 2.36 bits per heavy atom. The zero-order chi connectivity index (χ0) is 15.9. The Morgan fingerprint density at radius 1 is 1.14 bits per heavy atom. The predicted octanol–water partition coefficient (Wildman–Crippen LogP) is 4.09. The Labute approximate surface area is 131 Å². The topological polar surface area (TPSA) is 38.3 Å². The van der Waals surface area contributed by atoms with Crippen LogP contribution in [-0.2, 0) is 4.79 Å². The standard InChI is InChI=1S/C16H15F2NO2S/c1-21-11-5-7-12(8-6-11)22-10-9-15(20)19-16-13(17)3-2-4-14(16)18/h2-8H,9-10H2,1H3,(H,19,20). The lowest BCUT2D eigenvalue weighted by Crippen LogP contribution is -2.14. The maximum Gasteiger partial charge on any atom is 0.225 e. The fourth-order valence-corrected chi connectivity index (χ4v) is 2.60. The van der Waals surface area contributed by atoms with E-state index in [2.05, 4.69) is 5.32 Å². The molecule has 0 fully saturated rings. The van der Waals surface area contributed by atoms with Gasteiger partial charge in [-0.05, 0) is 36.4 Å². The summed E-state index contributed by atoms with van der Waals surface area (Å²) in [5, 5.41) is 2.26. The molecule has 116 valence electrons. The lowest BCUT2D eigenvalue weighted by molar-refractivity contribution is -0.115. The molecule has 0 aliphatic carbocycles. The van der Waals surface area contributed by atoms with Gasteiger partial charge in [-0.3, -0.25) is 4.79 Å². The molecule has 0 saturated heterocycles. The molecule has 22 heavy (non-hydrogen) atoms. The quantitative estimate of drug-likeness (QED) is 0.814. The third-order valence-corrected chi connectivity index (χ3v) is 3.90. The molecule has 2 aromatic carbocycles. The van der Waals surface area contributed by atoms with Crippen molar-refractivity contribution in [1.82, 2.24) is 0 Å². The number of carbonyl (C=O) groups excluding carboxylic acids is 1. The van der Waals surface area contributed by atoms with Crippen LogP contribution in [0.15, 0.2) is 47.4 Å². The largest absolute Gasteiger partial charge is 0.497 e. The molecule has 0 atom stereocenters. The summed E-state index contributed by atoms with van der Waals surface area (Å²) < 4.78 is 31.9. The van der Waals surface area contributed by atoms with Gasteiger partial charge in [-0.2, -0.15) is 0 Å². The molecule has 1 N–H and O–H groups in total. The molecule has 0 heterocycles. The van der Waals surface area contributed by atoms with E-state index in [1.807, 2.05) is 24.3 Å². The number of carbonyl (C=O) groups is 1. The number of rotatable bonds is 6. The van der Waals surface area contributed by atoms with Gasteiger partial charge in [0.2, 0.25) is 5.91 Å². The monoisotopic (exact) mass is 323 g/mol. The zero-order valence-corrected chi connectivity index (χ0v) is 12.8. The van der Waals surface area contributed by atoms with E-state index in [0.29, 0.717) is 5.75 Å². The van der Waals surface area contributed by atoms with Crippen LogP contribution in [0.1, 0.15) is 6.42 Å². The highest BCUT2D eigenvalue weighted by Crippen LogP contribution is 2.22. The molecule has 0 saturated carbocycles. The molecule has 6 heteroatoms. The maximum atomic E-state index is 13.4. The molecule has 0 aromatic heterocycles. The van der Waals surface area contributed by atoms with Crippen molar-refractivity contribution in [3.63, 3.8) is 0 Å². The Bertz CT molecular complexity index is 627. The lowest BCUT2D eigenvalue weighted by Gasteiger charge is -2.07. The smallest absolute Gasteiger partial charge is 0.225 e.